The van der Waals surface area contributed by atoms with Crippen LogP contribution in [0.25, 0.3) is 10.8 Å². The van der Waals surface area contributed by atoms with E-state index in [0.29, 0.717) is 5.56 Å². The third-order valence-corrected chi connectivity index (χ3v) is 9.19. The van der Waals surface area contributed by atoms with Gasteiger partial charge < -0.3 is 4.89 Å². The van der Waals surface area contributed by atoms with Gasteiger partial charge in [0.1, 0.15) is 7.79 Å². The van der Waals surface area contributed by atoms with Crippen molar-refractivity contribution in [2.75, 3.05) is 14.1 Å². The Labute approximate surface area is 143 Å². The van der Waals surface area contributed by atoms with E-state index in [9.17, 15) is 4.89 Å². The van der Waals surface area contributed by atoms with Crippen LogP contribution in [0.3, 0.4) is 0 Å². The van der Waals surface area contributed by atoms with Gasteiger partial charge >= 0.3 is 0 Å². The van der Waals surface area contributed by atoms with Crippen molar-refractivity contribution in [1.82, 2.24) is 9.34 Å². The van der Waals surface area contributed by atoms with E-state index in [0.717, 1.165) is 36.5 Å². The Morgan fingerprint density at radius 3 is 2.21 bits per heavy atom. The van der Waals surface area contributed by atoms with Gasteiger partial charge in [-0.3, -0.25) is 0 Å². The van der Waals surface area contributed by atoms with Gasteiger partial charge in [-0.25, -0.2) is 0 Å². The van der Waals surface area contributed by atoms with Crippen LogP contribution in [-0.4, -0.2) is 35.5 Å². The average molecular weight is 346 g/mol. The molecule has 1 aliphatic heterocycles. The second kappa shape index (κ2) is 6.03. The largest absolute Gasteiger partial charge is 0.648 e. The third-order valence-electron chi connectivity index (χ3n) is 5.90. The van der Waals surface area contributed by atoms with E-state index in [1.54, 1.807) is 6.07 Å². The molecule has 0 spiro atoms. The van der Waals surface area contributed by atoms with Gasteiger partial charge in [-0.1, -0.05) is 49.2 Å². The number of halogens is 1. The van der Waals surface area contributed by atoms with Crippen LogP contribution in [0.5, 0.6) is 0 Å². The number of hydrogen-bond acceptors (Lipinski definition) is 3. The van der Waals surface area contributed by atoms with Crippen LogP contribution in [0.4, 0.5) is 4.39 Å². The molecule has 2 aromatic carbocycles. The molecule has 4 rings (SSSR count). The van der Waals surface area contributed by atoms with Gasteiger partial charge in [-0.2, -0.15) is 13.7 Å². The van der Waals surface area contributed by atoms with E-state index in [2.05, 4.69) is 0 Å². The maximum atomic E-state index is 15.5. The van der Waals surface area contributed by atoms with Crippen LogP contribution in [0, 0.1) is 0 Å². The summed E-state index contributed by atoms with van der Waals surface area (Å²) in [4.78, 5) is 13.8. The highest BCUT2D eigenvalue weighted by Crippen LogP contribution is 2.73. The highest BCUT2D eigenvalue weighted by atomic mass is 31.2. The zero-order valence-corrected chi connectivity index (χ0v) is 15.1. The first-order chi connectivity index (χ1) is 11.5. The molecule has 2 aliphatic rings. The first-order valence-corrected chi connectivity index (χ1v) is 10.4. The minimum atomic E-state index is -3.25. The SMILES string of the molecule is CN1[C@@H]2CCCC[C@H]2N(C)[P+]1([O-])[C@H](F)c1ccc2ccccc2c1. The Morgan fingerprint density at radius 2 is 1.58 bits per heavy atom. The molecule has 1 saturated heterocycles. The van der Waals surface area contributed by atoms with E-state index in [1.807, 2.05) is 59.8 Å². The Morgan fingerprint density at radius 1 is 1.00 bits per heavy atom. The van der Waals surface area contributed by atoms with E-state index in [4.69, 9.17) is 0 Å². The second-order valence-corrected chi connectivity index (χ2v) is 9.99. The number of hydrogen-bond donors (Lipinski definition) is 0. The van der Waals surface area contributed by atoms with Gasteiger partial charge in [-0.05, 0) is 29.7 Å². The Hall–Kier alpha value is -1.06. The summed E-state index contributed by atoms with van der Waals surface area (Å²) >= 11 is 0. The van der Waals surface area contributed by atoms with Crippen molar-refractivity contribution < 1.29 is 9.28 Å². The first-order valence-electron chi connectivity index (χ1n) is 8.72. The van der Waals surface area contributed by atoms with E-state index in [1.165, 1.54) is 0 Å². The maximum absolute atomic E-state index is 15.5. The topological polar surface area (TPSA) is 29.5 Å². The summed E-state index contributed by atoms with van der Waals surface area (Å²) in [5.41, 5.74) is 0.523. The van der Waals surface area contributed by atoms with Gasteiger partial charge in [0.05, 0.1) is 12.1 Å². The maximum Gasteiger partial charge on any atom is 0.257 e. The molecule has 0 bridgehead atoms. The minimum absolute atomic E-state index is 0.216. The van der Waals surface area contributed by atoms with Crippen LogP contribution in [-0.2, 0) is 0 Å². The van der Waals surface area contributed by atoms with E-state index < -0.39 is 13.7 Å². The quantitative estimate of drug-likeness (QED) is 0.766. The number of likely N-dealkylation sites (N-methyl/N-ethyl adjacent to an activating group) is 2. The predicted molar refractivity (Wildman–Crippen MR) is 96.3 cm³/mol. The Balaban J connectivity index is 1.72. The van der Waals surface area contributed by atoms with Crippen molar-refractivity contribution in [3.8, 4) is 0 Å². The fourth-order valence-corrected chi connectivity index (χ4v) is 7.50. The summed E-state index contributed by atoms with van der Waals surface area (Å²) in [7, 11) is 0.448. The first kappa shape index (κ1) is 16.4. The molecule has 0 amide bonds. The molecule has 0 aromatic heterocycles. The van der Waals surface area contributed by atoms with Gasteiger partial charge in [0.15, 0.2) is 0 Å². The summed E-state index contributed by atoms with van der Waals surface area (Å²) in [5.74, 6) is -1.47. The third kappa shape index (κ3) is 2.32. The number of rotatable bonds is 2. The fourth-order valence-electron chi connectivity index (χ4n) is 4.48. The molecule has 0 radical (unpaired) electrons. The number of benzene rings is 2. The normalized spacial score (nSPS) is 28.8. The number of fused-ring (bicyclic) bond motifs is 2. The van der Waals surface area contributed by atoms with Crippen LogP contribution >= 0.6 is 7.79 Å². The molecular formula is C19H24FN2OP. The summed E-state index contributed by atoms with van der Waals surface area (Å²) < 4.78 is 19.3. The number of nitrogens with zero attached hydrogens (tertiary/aromatic N) is 2. The van der Waals surface area contributed by atoms with Crippen molar-refractivity contribution in [3.05, 3.63) is 48.0 Å². The summed E-state index contributed by atoms with van der Waals surface area (Å²) in [6, 6.07) is 13.9. The molecule has 1 heterocycles. The average Bonchev–Trinajstić information content (AvgIpc) is 2.83. The molecule has 5 heteroatoms. The van der Waals surface area contributed by atoms with Gasteiger partial charge in [0, 0.05) is 19.7 Å². The lowest BCUT2D eigenvalue weighted by Crippen LogP contribution is -2.37. The van der Waals surface area contributed by atoms with E-state index >= 15 is 4.39 Å². The molecule has 0 N–H and O–H groups in total. The van der Waals surface area contributed by atoms with Crippen molar-refractivity contribution in [2.24, 2.45) is 0 Å². The summed E-state index contributed by atoms with van der Waals surface area (Å²) in [6.07, 6.45) is 4.32. The highest BCUT2D eigenvalue weighted by molar-refractivity contribution is 7.64. The fraction of sp³-hybridized carbons (Fsp3) is 0.474. The van der Waals surface area contributed by atoms with Gasteiger partial charge in [0.2, 0.25) is 0 Å². The van der Waals surface area contributed by atoms with Gasteiger partial charge in [0.25, 0.3) is 5.91 Å². The van der Waals surface area contributed by atoms with Gasteiger partial charge in [-0.15, -0.1) is 0 Å². The Bertz CT molecular complexity index is 737. The summed E-state index contributed by atoms with van der Waals surface area (Å²) in [5, 5.41) is 2.07. The molecule has 3 atom stereocenters. The van der Waals surface area contributed by atoms with E-state index in [-0.39, 0.29) is 12.1 Å². The van der Waals surface area contributed by atoms with Crippen LogP contribution < -0.4 is 4.89 Å². The zero-order chi connectivity index (χ0) is 16.9. The predicted octanol–water partition coefficient (Wildman–Crippen LogP) is 4.12. The van der Waals surface area contributed by atoms with Crippen molar-refractivity contribution >= 4 is 18.6 Å². The molecule has 24 heavy (non-hydrogen) atoms. The Kier molecular flexibility index (Phi) is 4.12. The standard InChI is InChI=1S/C19H24FN2OP/c1-21-17-9-5-6-10-18(17)22(2)24(21,23)19(20)16-12-11-14-7-3-4-8-15(14)13-16/h3-4,7-8,11-13,17-19H,5-6,9-10H2,1-2H3/t17-,18-,19+/m1/s1. The molecule has 2 aromatic rings. The monoisotopic (exact) mass is 346 g/mol. The minimum Gasteiger partial charge on any atom is -0.648 e. The molecule has 1 aliphatic carbocycles. The lowest BCUT2D eigenvalue weighted by atomic mass is 9.91. The summed E-state index contributed by atoms with van der Waals surface area (Å²) in [6.45, 7) is 0. The second-order valence-electron chi connectivity index (χ2n) is 7.10. The highest BCUT2D eigenvalue weighted by Gasteiger charge is 2.60. The molecule has 128 valence electrons. The lowest BCUT2D eigenvalue weighted by molar-refractivity contribution is -0.195. The van der Waals surface area contributed by atoms with Crippen LogP contribution in [0.1, 0.15) is 37.2 Å². The van der Waals surface area contributed by atoms with Crippen LogP contribution in [0.2, 0.25) is 0 Å². The molecule has 2 fully saturated rings. The molecule has 3 nitrogen and oxygen atoms in total. The zero-order valence-electron chi connectivity index (χ0n) is 14.2. The molecular weight excluding hydrogens is 322 g/mol. The smallest absolute Gasteiger partial charge is 0.257 e. The van der Waals surface area contributed by atoms with Crippen LogP contribution in [0.15, 0.2) is 42.5 Å². The van der Waals surface area contributed by atoms with Crippen molar-refractivity contribution in [1.29, 1.82) is 0 Å². The number of alkyl halides is 1. The molecule has 0 unspecified atom stereocenters. The lowest BCUT2D eigenvalue weighted by Gasteiger charge is -2.39. The molecule has 1 saturated carbocycles. The van der Waals surface area contributed by atoms with Crippen molar-refractivity contribution in [2.45, 2.75) is 43.7 Å². The van der Waals surface area contributed by atoms with Crippen molar-refractivity contribution in [3.63, 3.8) is 0 Å².